The Hall–Kier alpha value is -1.71. The summed E-state index contributed by atoms with van der Waals surface area (Å²) in [5.74, 6) is -0.752. The number of nitrogens with zero attached hydrogens (tertiary/aromatic N) is 2. The third-order valence-corrected chi connectivity index (χ3v) is 5.63. The van der Waals surface area contributed by atoms with Crippen molar-refractivity contribution in [2.24, 2.45) is 5.73 Å². The van der Waals surface area contributed by atoms with Crippen LogP contribution in [-0.2, 0) is 14.8 Å². The second kappa shape index (κ2) is 5.58. The lowest BCUT2D eigenvalue weighted by Gasteiger charge is -2.22. The van der Waals surface area contributed by atoms with Gasteiger partial charge in [0.15, 0.2) is 0 Å². The van der Waals surface area contributed by atoms with Crippen molar-refractivity contribution in [3.05, 3.63) is 33.3 Å². The molecule has 0 aromatic heterocycles. The molecule has 10 heteroatoms. The molecule has 1 amide bonds. The number of nitrogens with two attached hydrogens (primary N) is 1. The molecule has 1 atom stereocenters. The van der Waals surface area contributed by atoms with Crippen molar-refractivity contribution in [1.29, 1.82) is 0 Å². The maximum absolute atomic E-state index is 12.6. The van der Waals surface area contributed by atoms with Gasteiger partial charge < -0.3 is 5.73 Å². The van der Waals surface area contributed by atoms with Gasteiger partial charge in [0.05, 0.1) is 9.95 Å². The maximum atomic E-state index is 12.6. The average Bonchev–Trinajstić information content (AvgIpc) is 2.88. The van der Waals surface area contributed by atoms with Gasteiger partial charge in [-0.2, -0.15) is 4.31 Å². The Morgan fingerprint density at radius 1 is 1.48 bits per heavy atom. The summed E-state index contributed by atoms with van der Waals surface area (Å²) in [5.41, 5.74) is 4.80. The van der Waals surface area contributed by atoms with Crippen LogP contribution in [0.3, 0.4) is 0 Å². The van der Waals surface area contributed by atoms with E-state index in [-0.39, 0.29) is 11.6 Å². The van der Waals surface area contributed by atoms with Crippen LogP contribution in [0.25, 0.3) is 0 Å². The minimum atomic E-state index is -4.12. The standard InChI is InChI=1S/C11H12ClN3O5S/c12-8-4-3-7(15(17)18)6-10(8)21(19,20)14-5-1-2-9(14)11(13)16/h3-4,6,9H,1-2,5H2,(H2,13,16). The van der Waals surface area contributed by atoms with Crippen LogP contribution in [0.15, 0.2) is 23.1 Å². The molecule has 2 rings (SSSR count). The molecule has 0 radical (unpaired) electrons. The molecule has 1 aliphatic rings. The molecule has 114 valence electrons. The lowest BCUT2D eigenvalue weighted by molar-refractivity contribution is -0.385. The number of hydrogen-bond donors (Lipinski definition) is 1. The Labute approximate surface area is 125 Å². The van der Waals surface area contributed by atoms with Crippen LogP contribution in [0.1, 0.15) is 12.8 Å². The zero-order chi connectivity index (χ0) is 15.8. The summed E-state index contributed by atoms with van der Waals surface area (Å²) >= 11 is 5.85. The van der Waals surface area contributed by atoms with Crippen molar-refractivity contribution >= 4 is 33.2 Å². The predicted molar refractivity (Wildman–Crippen MR) is 74.2 cm³/mol. The van der Waals surface area contributed by atoms with Gasteiger partial charge in [0.2, 0.25) is 15.9 Å². The van der Waals surface area contributed by atoms with Crippen molar-refractivity contribution in [3.8, 4) is 0 Å². The molecule has 1 unspecified atom stereocenters. The van der Waals surface area contributed by atoms with E-state index >= 15 is 0 Å². The number of nitro groups is 1. The Kier molecular flexibility index (Phi) is 4.17. The molecule has 0 spiro atoms. The summed E-state index contributed by atoms with van der Waals surface area (Å²) in [4.78, 5) is 21.0. The highest BCUT2D eigenvalue weighted by Crippen LogP contribution is 2.32. The van der Waals surface area contributed by atoms with Crippen molar-refractivity contribution in [2.45, 2.75) is 23.8 Å². The predicted octanol–water partition coefficient (Wildman–Crippen LogP) is 0.887. The molecule has 2 N–H and O–H groups in total. The third-order valence-electron chi connectivity index (χ3n) is 3.24. The number of sulfonamides is 1. The van der Waals surface area contributed by atoms with Gasteiger partial charge >= 0.3 is 0 Å². The van der Waals surface area contributed by atoms with E-state index in [9.17, 15) is 23.3 Å². The number of primary amides is 1. The van der Waals surface area contributed by atoms with Gasteiger partial charge in [-0.15, -0.1) is 0 Å². The molecule has 0 saturated carbocycles. The maximum Gasteiger partial charge on any atom is 0.270 e. The Balaban J connectivity index is 2.51. The van der Waals surface area contributed by atoms with Crippen LogP contribution in [-0.4, -0.2) is 36.1 Å². The fraction of sp³-hybridized carbons (Fsp3) is 0.364. The van der Waals surface area contributed by atoms with Crippen LogP contribution < -0.4 is 5.73 Å². The number of non-ortho nitro benzene ring substituents is 1. The van der Waals surface area contributed by atoms with Crippen LogP contribution in [0, 0.1) is 10.1 Å². The first-order valence-corrected chi connectivity index (χ1v) is 7.82. The van der Waals surface area contributed by atoms with Crippen LogP contribution in [0.5, 0.6) is 0 Å². The summed E-state index contributed by atoms with van der Waals surface area (Å²) < 4.78 is 26.1. The van der Waals surface area contributed by atoms with Gasteiger partial charge in [-0.05, 0) is 18.9 Å². The zero-order valence-corrected chi connectivity index (χ0v) is 12.3. The van der Waals surface area contributed by atoms with E-state index in [1.807, 2.05) is 0 Å². The first-order chi connectivity index (χ1) is 9.75. The normalized spacial score (nSPS) is 19.6. The number of hydrogen-bond acceptors (Lipinski definition) is 5. The van der Waals surface area contributed by atoms with Gasteiger partial charge in [-0.1, -0.05) is 11.6 Å². The van der Waals surface area contributed by atoms with E-state index in [1.54, 1.807) is 0 Å². The number of carbonyl (C=O) groups excluding carboxylic acids is 1. The number of carbonyl (C=O) groups is 1. The van der Waals surface area contributed by atoms with E-state index < -0.39 is 37.5 Å². The Morgan fingerprint density at radius 2 is 2.14 bits per heavy atom. The molecule has 1 fully saturated rings. The molecule has 1 aromatic carbocycles. The summed E-state index contributed by atoms with van der Waals surface area (Å²) in [6.07, 6.45) is 0.806. The van der Waals surface area contributed by atoms with Gasteiger partial charge in [-0.3, -0.25) is 14.9 Å². The number of nitro benzene ring substituents is 1. The van der Waals surface area contributed by atoms with Gasteiger partial charge in [0.1, 0.15) is 10.9 Å². The van der Waals surface area contributed by atoms with Crippen molar-refractivity contribution in [2.75, 3.05) is 6.54 Å². The van der Waals surface area contributed by atoms with Gasteiger partial charge in [0, 0.05) is 18.7 Å². The quantitative estimate of drug-likeness (QED) is 0.647. The smallest absolute Gasteiger partial charge is 0.270 e. The fourth-order valence-corrected chi connectivity index (χ4v) is 4.40. The average molecular weight is 334 g/mol. The van der Waals surface area contributed by atoms with Gasteiger partial charge in [-0.25, -0.2) is 8.42 Å². The first kappa shape index (κ1) is 15.7. The van der Waals surface area contributed by atoms with E-state index in [1.165, 1.54) is 0 Å². The van der Waals surface area contributed by atoms with E-state index in [0.29, 0.717) is 12.8 Å². The van der Waals surface area contributed by atoms with Crippen molar-refractivity contribution in [3.63, 3.8) is 0 Å². The monoisotopic (exact) mass is 333 g/mol. The van der Waals surface area contributed by atoms with Crippen LogP contribution >= 0.6 is 11.6 Å². The fourth-order valence-electron chi connectivity index (χ4n) is 2.24. The molecule has 0 bridgehead atoms. The molecular formula is C11H12ClN3O5S. The van der Waals surface area contributed by atoms with E-state index in [2.05, 4.69) is 0 Å². The lowest BCUT2D eigenvalue weighted by atomic mass is 10.2. The first-order valence-electron chi connectivity index (χ1n) is 6.00. The molecule has 1 saturated heterocycles. The molecule has 8 nitrogen and oxygen atoms in total. The van der Waals surface area contributed by atoms with Crippen molar-refractivity contribution < 1.29 is 18.1 Å². The van der Waals surface area contributed by atoms with Crippen LogP contribution in [0.4, 0.5) is 5.69 Å². The van der Waals surface area contributed by atoms with Crippen LogP contribution in [0.2, 0.25) is 5.02 Å². The summed E-state index contributed by atoms with van der Waals surface area (Å²) in [6.45, 7) is 0.120. The topological polar surface area (TPSA) is 124 Å². The largest absolute Gasteiger partial charge is 0.368 e. The van der Waals surface area contributed by atoms with Crippen molar-refractivity contribution in [1.82, 2.24) is 4.31 Å². The molecular weight excluding hydrogens is 322 g/mol. The second-order valence-electron chi connectivity index (χ2n) is 4.55. The third kappa shape index (κ3) is 2.85. The molecule has 21 heavy (non-hydrogen) atoms. The highest BCUT2D eigenvalue weighted by atomic mass is 35.5. The second-order valence-corrected chi connectivity index (χ2v) is 6.81. The highest BCUT2D eigenvalue weighted by Gasteiger charge is 2.39. The molecule has 1 heterocycles. The zero-order valence-electron chi connectivity index (χ0n) is 10.7. The van der Waals surface area contributed by atoms with Gasteiger partial charge in [0.25, 0.3) is 5.69 Å². The summed E-state index contributed by atoms with van der Waals surface area (Å²) in [6, 6.07) is 2.18. The Morgan fingerprint density at radius 3 is 2.71 bits per heavy atom. The van der Waals surface area contributed by atoms with E-state index in [4.69, 9.17) is 17.3 Å². The number of benzene rings is 1. The van der Waals surface area contributed by atoms with E-state index in [0.717, 1.165) is 22.5 Å². The SMILES string of the molecule is NC(=O)C1CCCN1S(=O)(=O)c1cc([N+](=O)[O-])ccc1Cl. The summed E-state index contributed by atoms with van der Waals surface area (Å²) in [5, 5.41) is 10.6. The molecule has 0 aliphatic carbocycles. The highest BCUT2D eigenvalue weighted by molar-refractivity contribution is 7.89. The Bertz CT molecular complexity index is 706. The minimum Gasteiger partial charge on any atom is -0.368 e. The number of rotatable bonds is 4. The molecule has 1 aliphatic heterocycles. The minimum absolute atomic E-state index is 0.120. The lowest BCUT2D eigenvalue weighted by Crippen LogP contribution is -2.43. The molecule has 1 aromatic rings. The number of halogens is 1. The summed E-state index contributed by atoms with van der Waals surface area (Å²) in [7, 11) is -4.12. The number of amides is 1.